The van der Waals surface area contributed by atoms with Gasteiger partial charge in [-0.1, -0.05) is 6.07 Å². The van der Waals surface area contributed by atoms with E-state index < -0.39 is 15.8 Å². The van der Waals surface area contributed by atoms with Crippen molar-refractivity contribution in [1.82, 2.24) is 0 Å². The minimum absolute atomic E-state index is 0.104. The van der Waals surface area contributed by atoms with E-state index in [1.54, 1.807) is 6.92 Å². The van der Waals surface area contributed by atoms with E-state index in [-0.39, 0.29) is 11.4 Å². The third-order valence-corrected chi connectivity index (χ3v) is 5.62. The molecule has 0 atom stereocenters. The molecule has 2 aromatic carbocycles. The molecule has 0 heterocycles. The number of hydrogen-bond acceptors (Lipinski definition) is 3. The van der Waals surface area contributed by atoms with Crippen LogP contribution in [0.25, 0.3) is 0 Å². The topological polar surface area (TPSA) is 72.2 Å². The van der Waals surface area contributed by atoms with Crippen LogP contribution in [0.2, 0.25) is 0 Å². The Labute approximate surface area is 131 Å². The fourth-order valence-electron chi connectivity index (χ4n) is 1.85. The number of halogens is 2. The first-order valence-electron chi connectivity index (χ1n) is 6.11. The van der Waals surface area contributed by atoms with Gasteiger partial charge in [0.15, 0.2) is 0 Å². The fourth-order valence-corrected chi connectivity index (χ4v) is 3.98. The molecule has 2 aromatic rings. The number of aryl methyl sites for hydroxylation is 1. The maximum Gasteiger partial charge on any atom is 0.263 e. The zero-order valence-corrected chi connectivity index (χ0v) is 13.6. The first-order valence-corrected chi connectivity index (χ1v) is 8.38. The zero-order valence-electron chi connectivity index (χ0n) is 11.2. The highest BCUT2D eigenvalue weighted by Gasteiger charge is 2.20. The Morgan fingerprint density at radius 3 is 2.43 bits per heavy atom. The maximum atomic E-state index is 12.9. The molecule has 2 rings (SSSR count). The molecule has 0 unspecified atom stereocenters. The average Bonchev–Trinajstić information content (AvgIpc) is 2.43. The molecule has 21 heavy (non-hydrogen) atoms. The summed E-state index contributed by atoms with van der Waals surface area (Å²) in [6, 6.07) is 8.44. The van der Waals surface area contributed by atoms with Crippen molar-refractivity contribution < 1.29 is 12.8 Å². The van der Waals surface area contributed by atoms with Crippen molar-refractivity contribution in [3.63, 3.8) is 0 Å². The second-order valence-corrected chi connectivity index (χ2v) is 6.99. The molecule has 0 fully saturated rings. The largest absolute Gasteiger partial charge is 0.326 e. The Morgan fingerprint density at radius 1 is 1.24 bits per heavy atom. The summed E-state index contributed by atoms with van der Waals surface area (Å²) in [4.78, 5) is 0.104. The van der Waals surface area contributed by atoms with Gasteiger partial charge in [0.05, 0.1) is 0 Å². The number of rotatable bonds is 4. The van der Waals surface area contributed by atoms with Crippen LogP contribution in [-0.2, 0) is 16.6 Å². The van der Waals surface area contributed by atoms with Crippen molar-refractivity contribution >= 4 is 31.6 Å². The minimum atomic E-state index is -3.79. The molecule has 0 aliphatic rings. The highest BCUT2D eigenvalue weighted by molar-refractivity contribution is 9.10. The Morgan fingerprint density at radius 2 is 1.86 bits per heavy atom. The van der Waals surface area contributed by atoms with Crippen LogP contribution >= 0.6 is 15.9 Å². The number of nitrogens with one attached hydrogen (secondary N) is 1. The molecule has 112 valence electrons. The summed E-state index contributed by atoms with van der Waals surface area (Å²) in [5.74, 6) is -0.430. The van der Waals surface area contributed by atoms with Gasteiger partial charge in [-0.2, -0.15) is 0 Å². The lowest BCUT2D eigenvalue weighted by Gasteiger charge is -2.13. The summed E-state index contributed by atoms with van der Waals surface area (Å²) in [5.41, 5.74) is 7.36. The molecule has 0 amide bonds. The summed E-state index contributed by atoms with van der Waals surface area (Å²) < 4.78 is 40.7. The van der Waals surface area contributed by atoms with E-state index in [1.165, 1.54) is 30.3 Å². The van der Waals surface area contributed by atoms with Gasteiger partial charge in [-0.05, 0) is 64.3 Å². The molecule has 3 N–H and O–H groups in total. The zero-order chi connectivity index (χ0) is 15.6. The van der Waals surface area contributed by atoms with Crippen molar-refractivity contribution in [2.24, 2.45) is 5.73 Å². The summed E-state index contributed by atoms with van der Waals surface area (Å²) in [6.45, 7) is 2.04. The van der Waals surface area contributed by atoms with E-state index in [4.69, 9.17) is 5.73 Å². The van der Waals surface area contributed by atoms with Crippen LogP contribution in [0.4, 0.5) is 10.1 Å². The first kappa shape index (κ1) is 15.9. The summed E-state index contributed by atoms with van der Waals surface area (Å²) in [5, 5.41) is 0. The third-order valence-electron chi connectivity index (χ3n) is 2.90. The van der Waals surface area contributed by atoms with E-state index in [1.807, 2.05) is 6.07 Å². The molecule has 0 spiro atoms. The molecule has 0 aliphatic carbocycles. The van der Waals surface area contributed by atoms with Crippen molar-refractivity contribution in [2.75, 3.05) is 4.72 Å². The van der Waals surface area contributed by atoms with Crippen molar-refractivity contribution in [3.05, 3.63) is 57.8 Å². The highest BCUT2D eigenvalue weighted by atomic mass is 79.9. The molecule has 0 aliphatic heterocycles. The van der Waals surface area contributed by atoms with E-state index in [0.29, 0.717) is 10.2 Å². The normalized spacial score (nSPS) is 11.4. The lowest BCUT2D eigenvalue weighted by atomic mass is 10.1. The lowest BCUT2D eigenvalue weighted by molar-refractivity contribution is 0.600. The minimum Gasteiger partial charge on any atom is -0.326 e. The predicted molar refractivity (Wildman–Crippen MR) is 84.0 cm³/mol. The molecular weight excluding hydrogens is 359 g/mol. The van der Waals surface area contributed by atoms with Gasteiger partial charge in [-0.3, -0.25) is 4.72 Å². The number of sulfonamides is 1. The quantitative estimate of drug-likeness (QED) is 0.865. The second kappa shape index (κ2) is 6.13. The van der Waals surface area contributed by atoms with Gasteiger partial charge in [-0.25, -0.2) is 12.8 Å². The van der Waals surface area contributed by atoms with Gasteiger partial charge in [0.2, 0.25) is 0 Å². The smallest absolute Gasteiger partial charge is 0.263 e. The average molecular weight is 373 g/mol. The SMILES string of the molecule is Cc1cc(CN)cc(S(=O)(=O)Nc2ccc(F)cc2)c1Br. The standard InChI is InChI=1S/C14H14BrFN2O2S/c1-9-6-10(8-17)7-13(14(9)15)21(19,20)18-12-4-2-11(16)3-5-12/h2-7,18H,8,17H2,1H3. The van der Waals surface area contributed by atoms with E-state index in [0.717, 1.165) is 11.1 Å². The molecule has 0 saturated heterocycles. The van der Waals surface area contributed by atoms with Crippen LogP contribution in [0.1, 0.15) is 11.1 Å². The van der Waals surface area contributed by atoms with Gasteiger partial charge < -0.3 is 5.73 Å². The molecule has 0 bridgehead atoms. The van der Waals surface area contributed by atoms with Gasteiger partial charge >= 0.3 is 0 Å². The van der Waals surface area contributed by atoms with Gasteiger partial charge in [0.25, 0.3) is 10.0 Å². The molecular formula is C14H14BrFN2O2S. The molecule has 0 radical (unpaired) electrons. The van der Waals surface area contributed by atoms with Crippen molar-refractivity contribution in [1.29, 1.82) is 0 Å². The molecule has 7 heteroatoms. The molecule has 0 saturated carbocycles. The van der Waals surface area contributed by atoms with E-state index in [9.17, 15) is 12.8 Å². The Kier molecular flexibility index (Phi) is 4.65. The first-order chi connectivity index (χ1) is 9.83. The summed E-state index contributed by atoms with van der Waals surface area (Å²) in [7, 11) is -3.79. The molecule has 4 nitrogen and oxygen atoms in total. The van der Waals surface area contributed by atoms with Gasteiger partial charge in [0.1, 0.15) is 10.7 Å². The maximum absolute atomic E-state index is 12.9. The monoisotopic (exact) mass is 372 g/mol. The predicted octanol–water partition coefficient (Wildman–Crippen LogP) is 3.16. The van der Waals surface area contributed by atoms with Gasteiger partial charge in [-0.15, -0.1) is 0 Å². The van der Waals surface area contributed by atoms with E-state index >= 15 is 0 Å². The second-order valence-electron chi connectivity index (χ2n) is 4.54. The van der Waals surface area contributed by atoms with Crippen LogP contribution in [0.3, 0.4) is 0 Å². The lowest BCUT2D eigenvalue weighted by Crippen LogP contribution is -2.15. The van der Waals surface area contributed by atoms with Crippen molar-refractivity contribution in [2.45, 2.75) is 18.4 Å². The Bertz CT molecular complexity index is 761. The Hall–Kier alpha value is -1.44. The van der Waals surface area contributed by atoms with E-state index in [2.05, 4.69) is 20.7 Å². The molecule has 0 aromatic heterocycles. The van der Waals surface area contributed by atoms with Crippen molar-refractivity contribution in [3.8, 4) is 0 Å². The number of benzene rings is 2. The van der Waals surface area contributed by atoms with Gasteiger partial charge in [0, 0.05) is 16.7 Å². The van der Waals surface area contributed by atoms with Crippen LogP contribution in [0.15, 0.2) is 45.8 Å². The summed E-state index contributed by atoms with van der Waals surface area (Å²) in [6.07, 6.45) is 0. The number of anilines is 1. The fraction of sp³-hybridized carbons (Fsp3) is 0.143. The van der Waals surface area contributed by atoms with Crippen LogP contribution in [0, 0.1) is 12.7 Å². The van der Waals surface area contributed by atoms with Crippen LogP contribution in [0.5, 0.6) is 0 Å². The highest BCUT2D eigenvalue weighted by Crippen LogP contribution is 2.28. The van der Waals surface area contributed by atoms with Crippen LogP contribution in [-0.4, -0.2) is 8.42 Å². The number of nitrogens with two attached hydrogens (primary N) is 1. The third kappa shape index (κ3) is 3.61. The Balaban J connectivity index is 2.44. The summed E-state index contributed by atoms with van der Waals surface area (Å²) >= 11 is 3.28. The van der Waals surface area contributed by atoms with Crippen LogP contribution < -0.4 is 10.5 Å². The number of hydrogen-bond donors (Lipinski definition) is 2.